The minimum atomic E-state index is 0.602. The van der Waals surface area contributed by atoms with Crippen molar-refractivity contribution < 1.29 is 0 Å². The van der Waals surface area contributed by atoms with Gasteiger partial charge in [-0.15, -0.1) is 10.2 Å². The summed E-state index contributed by atoms with van der Waals surface area (Å²) < 4.78 is 2.25. The molecule has 25 heavy (non-hydrogen) atoms. The number of aryl methyl sites for hydroxylation is 1. The van der Waals surface area contributed by atoms with Crippen LogP contribution < -0.4 is 10.6 Å². The van der Waals surface area contributed by atoms with Gasteiger partial charge in [0.2, 0.25) is 0 Å². The van der Waals surface area contributed by atoms with Gasteiger partial charge in [-0.1, -0.05) is 38.5 Å². The van der Waals surface area contributed by atoms with E-state index in [0.29, 0.717) is 6.54 Å². The van der Waals surface area contributed by atoms with E-state index in [2.05, 4.69) is 32.3 Å². The van der Waals surface area contributed by atoms with Crippen LogP contribution in [0.25, 0.3) is 0 Å². The van der Waals surface area contributed by atoms with Crippen LogP contribution in [0.2, 0.25) is 0 Å². The highest BCUT2D eigenvalue weighted by molar-refractivity contribution is 5.79. The molecule has 0 aromatic carbocycles. The predicted octanol–water partition coefficient (Wildman–Crippen LogP) is 3.03. The van der Waals surface area contributed by atoms with Crippen LogP contribution in [0.3, 0.4) is 0 Å². The van der Waals surface area contributed by atoms with Crippen LogP contribution in [-0.4, -0.2) is 33.8 Å². The third-order valence-corrected chi connectivity index (χ3v) is 5.47. The van der Waals surface area contributed by atoms with Crippen molar-refractivity contribution in [1.82, 2.24) is 25.4 Å². The van der Waals surface area contributed by atoms with Gasteiger partial charge in [0.1, 0.15) is 12.4 Å². The molecule has 140 valence electrons. The molecule has 6 nitrogen and oxygen atoms in total. The lowest BCUT2D eigenvalue weighted by Crippen LogP contribution is -2.37. The number of unbranched alkanes of at least 4 members (excludes halogenated alkanes) is 1. The van der Waals surface area contributed by atoms with Gasteiger partial charge in [-0.05, 0) is 32.1 Å². The lowest BCUT2D eigenvalue weighted by molar-refractivity contribution is 0.472. The summed E-state index contributed by atoms with van der Waals surface area (Å²) in [7, 11) is 0. The number of aliphatic imine (C=N–C) groups is 1. The average Bonchev–Trinajstić information content (AvgIpc) is 3.29. The molecule has 1 fully saturated rings. The second kappa shape index (κ2) is 9.78. The Balaban J connectivity index is 1.42. The van der Waals surface area contributed by atoms with Crippen LogP contribution in [0.5, 0.6) is 0 Å². The van der Waals surface area contributed by atoms with Gasteiger partial charge in [0.25, 0.3) is 0 Å². The Bertz CT molecular complexity index is 544. The summed E-state index contributed by atoms with van der Waals surface area (Å²) in [6.45, 7) is 5.63. The smallest absolute Gasteiger partial charge is 0.191 e. The number of nitrogens with zero attached hydrogens (tertiary/aromatic N) is 4. The Labute approximate surface area is 151 Å². The second-order valence-electron chi connectivity index (χ2n) is 7.41. The van der Waals surface area contributed by atoms with Crippen molar-refractivity contribution in [3.63, 3.8) is 0 Å². The molecule has 0 atom stereocenters. The number of rotatable bonds is 8. The molecule has 1 aromatic rings. The molecular formula is C19H34N6. The van der Waals surface area contributed by atoms with E-state index in [4.69, 9.17) is 4.99 Å². The molecule has 1 aromatic heterocycles. The molecule has 1 saturated carbocycles. The first-order valence-electron chi connectivity index (χ1n) is 10.3. The van der Waals surface area contributed by atoms with E-state index in [0.717, 1.165) is 49.6 Å². The SMILES string of the molecule is CCNC(=NCc1nnc2n1CCCC2)NCCCCC1CCCC1. The maximum absolute atomic E-state index is 4.71. The van der Waals surface area contributed by atoms with E-state index in [1.807, 2.05) is 0 Å². The third kappa shape index (κ3) is 5.44. The summed E-state index contributed by atoms with van der Waals surface area (Å²) in [6.07, 6.45) is 13.3. The van der Waals surface area contributed by atoms with Crippen molar-refractivity contribution in [2.75, 3.05) is 13.1 Å². The number of nitrogens with one attached hydrogen (secondary N) is 2. The molecule has 0 radical (unpaired) electrons. The molecule has 2 N–H and O–H groups in total. The Hall–Kier alpha value is -1.59. The standard InChI is InChI=1S/C19H34N6/c1-2-20-19(21-13-7-5-11-16-9-3-4-10-16)22-15-18-24-23-17-12-6-8-14-25(17)18/h16H,2-15H2,1H3,(H2,20,21,22). The molecule has 0 amide bonds. The molecule has 0 saturated heterocycles. The summed E-state index contributed by atoms with van der Waals surface area (Å²) in [5.74, 6) is 4.02. The Morgan fingerprint density at radius 1 is 1.12 bits per heavy atom. The zero-order valence-electron chi connectivity index (χ0n) is 15.8. The second-order valence-corrected chi connectivity index (χ2v) is 7.41. The van der Waals surface area contributed by atoms with Crippen molar-refractivity contribution in [2.24, 2.45) is 10.9 Å². The number of guanidine groups is 1. The number of fused-ring (bicyclic) bond motifs is 1. The maximum atomic E-state index is 4.71. The fourth-order valence-electron chi connectivity index (χ4n) is 4.04. The van der Waals surface area contributed by atoms with Crippen molar-refractivity contribution in [3.05, 3.63) is 11.6 Å². The zero-order valence-corrected chi connectivity index (χ0v) is 15.8. The highest BCUT2D eigenvalue weighted by atomic mass is 15.3. The topological polar surface area (TPSA) is 67.1 Å². The van der Waals surface area contributed by atoms with Gasteiger partial charge < -0.3 is 15.2 Å². The lowest BCUT2D eigenvalue weighted by Gasteiger charge is -2.15. The van der Waals surface area contributed by atoms with E-state index in [1.165, 1.54) is 57.8 Å². The molecule has 0 unspecified atom stereocenters. The maximum Gasteiger partial charge on any atom is 0.191 e. The number of aromatic nitrogens is 3. The molecule has 0 bridgehead atoms. The van der Waals surface area contributed by atoms with Gasteiger partial charge in [-0.2, -0.15) is 0 Å². The summed E-state index contributed by atoms with van der Waals surface area (Å²) in [4.78, 5) is 4.71. The Morgan fingerprint density at radius 2 is 2.00 bits per heavy atom. The van der Waals surface area contributed by atoms with E-state index < -0.39 is 0 Å². The largest absolute Gasteiger partial charge is 0.357 e. The van der Waals surface area contributed by atoms with Crippen LogP contribution in [0, 0.1) is 5.92 Å². The fourth-order valence-corrected chi connectivity index (χ4v) is 4.04. The van der Waals surface area contributed by atoms with E-state index >= 15 is 0 Å². The first kappa shape index (κ1) is 18.2. The van der Waals surface area contributed by atoms with Crippen LogP contribution in [0.4, 0.5) is 0 Å². The Kier molecular flexibility index (Phi) is 7.12. The van der Waals surface area contributed by atoms with Crippen molar-refractivity contribution >= 4 is 5.96 Å². The first-order chi connectivity index (χ1) is 12.4. The Morgan fingerprint density at radius 3 is 2.84 bits per heavy atom. The van der Waals surface area contributed by atoms with Crippen LogP contribution in [0.15, 0.2) is 4.99 Å². The number of hydrogen-bond acceptors (Lipinski definition) is 3. The predicted molar refractivity (Wildman–Crippen MR) is 102 cm³/mol. The molecule has 6 heteroatoms. The minimum absolute atomic E-state index is 0.602. The quantitative estimate of drug-likeness (QED) is 0.431. The molecule has 1 aliphatic carbocycles. The molecule has 0 spiro atoms. The van der Waals surface area contributed by atoms with Crippen LogP contribution in [-0.2, 0) is 19.5 Å². The lowest BCUT2D eigenvalue weighted by atomic mass is 10.0. The van der Waals surface area contributed by atoms with Gasteiger partial charge in [-0.3, -0.25) is 0 Å². The normalized spacial score (nSPS) is 18.4. The highest BCUT2D eigenvalue weighted by Crippen LogP contribution is 2.28. The fraction of sp³-hybridized carbons (Fsp3) is 0.842. The van der Waals surface area contributed by atoms with E-state index in [1.54, 1.807) is 0 Å². The molecular weight excluding hydrogens is 312 g/mol. The van der Waals surface area contributed by atoms with Gasteiger partial charge in [-0.25, -0.2) is 4.99 Å². The van der Waals surface area contributed by atoms with Gasteiger partial charge in [0.15, 0.2) is 11.8 Å². The van der Waals surface area contributed by atoms with Crippen molar-refractivity contribution in [3.8, 4) is 0 Å². The van der Waals surface area contributed by atoms with Crippen molar-refractivity contribution in [1.29, 1.82) is 0 Å². The van der Waals surface area contributed by atoms with Crippen LogP contribution >= 0.6 is 0 Å². The highest BCUT2D eigenvalue weighted by Gasteiger charge is 2.15. The first-order valence-corrected chi connectivity index (χ1v) is 10.3. The summed E-state index contributed by atoms with van der Waals surface area (Å²) in [5, 5.41) is 15.5. The van der Waals surface area contributed by atoms with Gasteiger partial charge in [0, 0.05) is 26.1 Å². The summed E-state index contributed by atoms with van der Waals surface area (Å²) in [6, 6.07) is 0. The zero-order chi connectivity index (χ0) is 17.3. The van der Waals surface area contributed by atoms with Crippen molar-refractivity contribution in [2.45, 2.75) is 84.2 Å². The third-order valence-electron chi connectivity index (χ3n) is 5.47. The average molecular weight is 347 g/mol. The molecule has 3 rings (SSSR count). The van der Waals surface area contributed by atoms with Gasteiger partial charge >= 0.3 is 0 Å². The summed E-state index contributed by atoms with van der Waals surface area (Å²) >= 11 is 0. The monoisotopic (exact) mass is 346 g/mol. The van der Waals surface area contributed by atoms with Gasteiger partial charge in [0.05, 0.1) is 0 Å². The minimum Gasteiger partial charge on any atom is -0.357 e. The summed E-state index contributed by atoms with van der Waals surface area (Å²) in [5.41, 5.74) is 0. The number of hydrogen-bond donors (Lipinski definition) is 2. The molecule has 2 heterocycles. The van der Waals surface area contributed by atoms with E-state index in [9.17, 15) is 0 Å². The molecule has 2 aliphatic rings. The van der Waals surface area contributed by atoms with Crippen LogP contribution in [0.1, 0.15) is 76.4 Å². The molecule has 1 aliphatic heterocycles. The van der Waals surface area contributed by atoms with E-state index in [-0.39, 0.29) is 0 Å².